The van der Waals surface area contributed by atoms with E-state index < -0.39 is 8.07 Å². The quantitative estimate of drug-likeness (QED) is 0.361. The number of hydrogen-bond acceptors (Lipinski definition) is 0. The topological polar surface area (TPSA) is 0 Å². The van der Waals surface area contributed by atoms with Crippen LogP contribution < -0.4 is 0 Å². The lowest BCUT2D eigenvalue weighted by Gasteiger charge is -2.23. The Bertz CT molecular complexity index is 116. The van der Waals surface area contributed by atoms with Gasteiger partial charge >= 0.3 is 0 Å². The summed E-state index contributed by atoms with van der Waals surface area (Å²) in [5, 5.41) is 0. The summed E-state index contributed by atoms with van der Waals surface area (Å²) in [4.78, 5) is 0. The van der Waals surface area contributed by atoms with Gasteiger partial charge in [0.1, 0.15) is 0 Å². The summed E-state index contributed by atoms with van der Waals surface area (Å²) >= 11 is 0. The fraction of sp³-hybridized carbons (Fsp3) is 0.923. The van der Waals surface area contributed by atoms with Crippen molar-refractivity contribution in [3.8, 4) is 0 Å². The third-order valence-corrected chi connectivity index (χ3v) is 8.71. The van der Waals surface area contributed by atoms with Crippen molar-refractivity contribution in [3.05, 3.63) is 6.92 Å². The maximum atomic E-state index is 3.88. The Hall–Kier alpha value is 0.217. The average Bonchev–Trinajstić information content (AvgIpc) is 2.23. The van der Waals surface area contributed by atoms with Crippen LogP contribution in [0, 0.1) is 6.92 Å². The lowest BCUT2D eigenvalue weighted by atomic mass is 10.1. The molecule has 0 unspecified atom stereocenters. The molecule has 0 aromatic carbocycles. The van der Waals surface area contributed by atoms with E-state index in [1.165, 1.54) is 44.2 Å². The van der Waals surface area contributed by atoms with Crippen molar-refractivity contribution in [1.82, 2.24) is 0 Å². The van der Waals surface area contributed by atoms with Crippen LogP contribution in [-0.4, -0.2) is 8.07 Å². The number of hydrogen-bond donors (Lipinski definition) is 0. The molecule has 0 fully saturated rings. The maximum Gasteiger partial charge on any atom is 0.0499 e. The van der Waals surface area contributed by atoms with Crippen molar-refractivity contribution in [3.63, 3.8) is 0 Å². The molecular formula is C13H29Si. The molecule has 1 radical (unpaired) electrons. The fourth-order valence-corrected chi connectivity index (χ4v) is 4.17. The van der Waals surface area contributed by atoms with Gasteiger partial charge in [-0.05, 0) is 0 Å². The zero-order chi connectivity index (χ0) is 10.9. The van der Waals surface area contributed by atoms with Crippen LogP contribution in [-0.2, 0) is 0 Å². The molecule has 0 saturated carbocycles. The Balaban J connectivity index is 3.34. The van der Waals surface area contributed by atoms with Crippen LogP contribution in [0.5, 0.6) is 0 Å². The third-order valence-electron chi connectivity index (χ3n) is 3.74. The first-order valence-corrected chi connectivity index (χ1v) is 9.60. The van der Waals surface area contributed by atoms with Gasteiger partial charge in [-0.15, -0.1) is 0 Å². The van der Waals surface area contributed by atoms with E-state index in [2.05, 4.69) is 27.3 Å². The molecule has 0 atom stereocenters. The molecule has 0 heterocycles. The molecule has 0 nitrogen and oxygen atoms in total. The second kappa shape index (κ2) is 8.52. The summed E-state index contributed by atoms with van der Waals surface area (Å²) in [5.41, 5.74) is 0. The van der Waals surface area contributed by atoms with Crippen LogP contribution in [0.1, 0.15) is 52.4 Å². The normalized spacial score (nSPS) is 12.0. The molecule has 0 rings (SSSR count). The molecule has 85 valence electrons. The van der Waals surface area contributed by atoms with Gasteiger partial charge in [-0.25, -0.2) is 0 Å². The predicted octanol–water partition coefficient (Wildman–Crippen LogP) is 5.28. The van der Waals surface area contributed by atoms with Crippen LogP contribution in [0.15, 0.2) is 0 Å². The van der Waals surface area contributed by atoms with Crippen molar-refractivity contribution in [2.45, 2.75) is 77.1 Å². The average molecular weight is 213 g/mol. The standard InChI is InChI=1S/C13H29Si/c1-5-8-9-10-11-12-13-14(4,6-2)7-3/h1,5-13H2,2-4H3. The van der Waals surface area contributed by atoms with Crippen molar-refractivity contribution < 1.29 is 0 Å². The highest BCUT2D eigenvalue weighted by Crippen LogP contribution is 2.23. The monoisotopic (exact) mass is 213 g/mol. The van der Waals surface area contributed by atoms with Crippen LogP contribution in [0.3, 0.4) is 0 Å². The van der Waals surface area contributed by atoms with Gasteiger partial charge in [-0.2, -0.15) is 0 Å². The molecule has 14 heavy (non-hydrogen) atoms. The van der Waals surface area contributed by atoms with Crippen molar-refractivity contribution in [2.75, 3.05) is 0 Å². The first-order valence-electron chi connectivity index (χ1n) is 6.47. The SMILES string of the molecule is [CH2]CCCCCCC[Si](C)(CC)CC. The molecule has 0 saturated heterocycles. The van der Waals surface area contributed by atoms with Gasteiger partial charge in [0.25, 0.3) is 0 Å². The summed E-state index contributed by atoms with van der Waals surface area (Å²) in [5.74, 6) is 0. The second-order valence-electron chi connectivity index (χ2n) is 4.89. The highest BCUT2D eigenvalue weighted by atomic mass is 28.3. The Morgan fingerprint density at radius 1 is 0.857 bits per heavy atom. The van der Waals surface area contributed by atoms with Crippen LogP contribution in [0.4, 0.5) is 0 Å². The minimum Gasteiger partial charge on any atom is -0.0692 e. The highest BCUT2D eigenvalue weighted by molar-refractivity contribution is 6.78. The van der Waals surface area contributed by atoms with Gasteiger partial charge < -0.3 is 0 Å². The largest absolute Gasteiger partial charge is 0.0692 e. The van der Waals surface area contributed by atoms with Crippen molar-refractivity contribution >= 4 is 8.07 Å². The van der Waals surface area contributed by atoms with Gasteiger partial charge in [0.05, 0.1) is 0 Å². The van der Waals surface area contributed by atoms with E-state index in [9.17, 15) is 0 Å². The molecule has 0 aromatic rings. The minimum absolute atomic E-state index is 0.778. The van der Waals surface area contributed by atoms with Gasteiger partial charge in [-0.1, -0.05) is 84.0 Å². The van der Waals surface area contributed by atoms with Crippen molar-refractivity contribution in [1.29, 1.82) is 0 Å². The molecule has 0 amide bonds. The van der Waals surface area contributed by atoms with Crippen LogP contribution in [0.25, 0.3) is 0 Å². The van der Waals surface area contributed by atoms with E-state index in [1.54, 1.807) is 6.04 Å². The summed E-state index contributed by atoms with van der Waals surface area (Å²) in [6, 6.07) is 4.51. The molecule has 0 aliphatic heterocycles. The third kappa shape index (κ3) is 6.64. The summed E-state index contributed by atoms with van der Waals surface area (Å²) in [6.45, 7) is 11.2. The van der Waals surface area contributed by atoms with Gasteiger partial charge in [0, 0.05) is 8.07 Å². The lowest BCUT2D eigenvalue weighted by molar-refractivity contribution is 0.633. The van der Waals surface area contributed by atoms with Crippen LogP contribution in [0.2, 0.25) is 24.7 Å². The maximum absolute atomic E-state index is 3.88. The Labute approximate surface area is 92.5 Å². The predicted molar refractivity (Wildman–Crippen MR) is 70.4 cm³/mol. The zero-order valence-corrected chi connectivity index (χ0v) is 11.6. The molecule has 0 spiro atoms. The number of rotatable bonds is 9. The first-order chi connectivity index (χ1) is 6.68. The Morgan fingerprint density at radius 2 is 1.36 bits per heavy atom. The molecule has 0 aromatic heterocycles. The highest BCUT2D eigenvalue weighted by Gasteiger charge is 2.20. The molecule has 0 N–H and O–H groups in total. The van der Waals surface area contributed by atoms with E-state index in [0.29, 0.717) is 0 Å². The van der Waals surface area contributed by atoms with Crippen LogP contribution >= 0.6 is 0 Å². The Morgan fingerprint density at radius 3 is 1.86 bits per heavy atom. The molecule has 0 aliphatic rings. The first kappa shape index (κ1) is 14.2. The van der Waals surface area contributed by atoms with E-state index in [0.717, 1.165) is 6.42 Å². The Kier molecular flexibility index (Phi) is 8.65. The van der Waals surface area contributed by atoms with Crippen molar-refractivity contribution in [2.24, 2.45) is 0 Å². The molecule has 1 heteroatoms. The van der Waals surface area contributed by atoms with E-state index in [-0.39, 0.29) is 0 Å². The molecule has 0 aliphatic carbocycles. The zero-order valence-electron chi connectivity index (χ0n) is 10.6. The second-order valence-corrected chi connectivity index (χ2v) is 10.4. The smallest absolute Gasteiger partial charge is 0.0499 e. The van der Waals surface area contributed by atoms with Gasteiger partial charge in [0.15, 0.2) is 0 Å². The lowest BCUT2D eigenvalue weighted by Crippen LogP contribution is -2.26. The molecule has 0 bridgehead atoms. The van der Waals surface area contributed by atoms with E-state index in [4.69, 9.17) is 0 Å². The number of unbranched alkanes of at least 4 members (excludes halogenated alkanes) is 5. The van der Waals surface area contributed by atoms with E-state index in [1.807, 2.05) is 0 Å². The fourth-order valence-electron chi connectivity index (χ4n) is 1.86. The summed E-state index contributed by atoms with van der Waals surface area (Å²) in [6.07, 6.45) is 8.24. The molecular weight excluding hydrogens is 184 g/mol. The summed E-state index contributed by atoms with van der Waals surface area (Å²) in [7, 11) is -0.778. The van der Waals surface area contributed by atoms with Gasteiger partial charge in [-0.3, -0.25) is 0 Å². The van der Waals surface area contributed by atoms with E-state index >= 15 is 0 Å². The van der Waals surface area contributed by atoms with Gasteiger partial charge in [0.2, 0.25) is 0 Å². The minimum atomic E-state index is -0.778. The summed E-state index contributed by atoms with van der Waals surface area (Å²) < 4.78 is 0.